The number of aromatic hydroxyl groups is 2. The average molecular weight is 293 g/mol. The second-order valence-electron chi connectivity index (χ2n) is 4.21. The molecule has 0 fully saturated rings. The number of hydrogen-bond donors (Lipinski definition) is 3. The van der Waals surface area contributed by atoms with E-state index in [0.717, 1.165) is 0 Å². The van der Waals surface area contributed by atoms with Crippen LogP contribution in [0.15, 0.2) is 22.6 Å². The van der Waals surface area contributed by atoms with E-state index in [-0.39, 0.29) is 11.6 Å². The second-order valence-corrected chi connectivity index (χ2v) is 4.21. The van der Waals surface area contributed by atoms with Crippen molar-refractivity contribution >= 4 is 11.8 Å². The van der Waals surface area contributed by atoms with Gasteiger partial charge in [0.05, 0.1) is 14.2 Å². The molecule has 0 spiro atoms. The van der Waals surface area contributed by atoms with Crippen molar-refractivity contribution < 1.29 is 28.9 Å². The summed E-state index contributed by atoms with van der Waals surface area (Å²) in [5, 5.41) is 21.9. The molecule has 0 saturated carbocycles. The van der Waals surface area contributed by atoms with E-state index in [0.29, 0.717) is 17.1 Å². The molecular formula is C14H15NO6. The molecule has 0 aliphatic heterocycles. The Hall–Kier alpha value is -2.83. The fourth-order valence-corrected chi connectivity index (χ4v) is 1.83. The van der Waals surface area contributed by atoms with Crippen molar-refractivity contribution in [2.75, 3.05) is 19.5 Å². The summed E-state index contributed by atoms with van der Waals surface area (Å²) in [5.41, 5.74) is 0.456. The van der Waals surface area contributed by atoms with E-state index in [4.69, 9.17) is 13.9 Å². The van der Waals surface area contributed by atoms with Crippen LogP contribution < -0.4 is 14.8 Å². The van der Waals surface area contributed by atoms with Crippen LogP contribution in [0.4, 0.5) is 5.88 Å². The summed E-state index contributed by atoms with van der Waals surface area (Å²) in [6.07, 6.45) is 0. The molecule has 3 N–H and O–H groups in total. The fourth-order valence-electron chi connectivity index (χ4n) is 1.83. The molecule has 1 amide bonds. The van der Waals surface area contributed by atoms with Crippen molar-refractivity contribution in [1.29, 1.82) is 0 Å². The van der Waals surface area contributed by atoms with Gasteiger partial charge in [0.15, 0.2) is 17.3 Å². The predicted octanol–water partition coefficient (Wildman–Crippen LogP) is 2.33. The van der Waals surface area contributed by atoms with E-state index in [1.54, 1.807) is 18.2 Å². The standard InChI is InChI=1S/C14H15NO6/c1-7(16)15-14-12(18)11(17)13(21-14)8-4-5-9(19-2)10(6-8)20-3/h4-6,17-18H,1-3H3,(H,15,16). The first-order valence-corrected chi connectivity index (χ1v) is 6.02. The summed E-state index contributed by atoms with van der Waals surface area (Å²) in [4.78, 5) is 11.0. The Bertz CT molecular complexity index is 676. The molecule has 2 rings (SSSR count). The Morgan fingerprint density at radius 2 is 1.81 bits per heavy atom. The van der Waals surface area contributed by atoms with Crippen molar-refractivity contribution in [2.45, 2.75) is 6.92 Å². The lowest BCUT2D eigenvalue weighted by molar-refractivity contribution is -0.114. The van der Waals surface area contributed by atoms with Gasteiger partial charge in [0.2, 0.25) is 23.3 Å². The Kier molecular flexibility index (Phi) is 3.93. The molecular weight excluding hydrogens is 278 g/mol. The minimum absolute atomic E-state index is 0.0113. The zero-order chi connectivity index (χ0) is 15.6. The van der Waals surface area contributed by atoms with Crippen molar-refractivity contribution in [1.82, 2.24) is 0 Å². The van der Waals surface area contributed by atoms with Crippen LogP contribution >= 0.6 is 0 Å². The third kappa shape index (κ3) is 2.71. The number of benzene rings is 1. The molecule has 0 bridgehead atoms. The molecule has 0 radical (unpaired) electrons. The number of carbonyl (C=O) groups is 1. The zero-order valence-electron chi connectivity index (χ0n) is 11.8. The molecule has 0 atom stereocenters. The summed E-state index contributed by atoms with van der Waals surface area (Å²) in [7, 11) is 2.98. The second kappa shape index (κ2) is 5.66. The summed E-state index contributed by atoms with van der Waals surface area (Å²) >= 11 is 0. The first-order chi connectivity index (χ1) is 9.97. The third-order valence-electron chi connectivity index (χ3n) is 2.79. The number of anilines is 1. The van der Waals surface area contributed by atoms with Crippen molar-refractivity contribution in [2.24, 2.45) is 0 Å². The summed E-state index contributed by atoms with van der Waals surface area (Å²) in [5.74, 6) is -0.689. The van der Waals surface area contributed by atoms with Crippen LogP contribution in [0.1, 0.15) is 6.92 Å². The maximum Gasteiger partial charge on any atom is 0.246 e. The molecule has 0 unspecified atom stereocenters. The minimum atomic E-state index is -0.532. The van der Waals surface area contributed by atoms with Crippen LogP contribution in [0.3, 0.4) is 0 Å². The van der Waals surface area contributed by atoms with Gasteiger partial charge in [-0.3, -0.25) is 10.1 Å². The van der Waals surface area contributed by atoms with Gasteiger partial charge < -0.3 is 24.1 Å². The van der Waals surface area contributed by atoms with Gasteiger partial charge in [-0.15, -0.1) is 0 Å². The molecule has 0 saturated heterocycles. The van der Waals surface area contributed by atoms with Crippen molar-refractivity contribution in [3.05, 3.63) is 18.2 Å². The number of hydrogen-bond acceptors (Lipinski definition) is 6. The molecule has 0 aliphatic carbocycles. The molecule has 1 aromatic carbocycles. The van der Waals surface area contributed by atoms with E-state index in [1.807, 2.05) is 0 Å². The monoisotopic (exact) mass is 293 g/mol. The van der Waals surface area contributed by atoms with Gasteiger partial charge in [-0.2, -0.15) is 0 Å². The third-order valence-corrected chi connectivity index (χ3v) is 2.79. The molecule has 7 nitrogen and oxygen atoms in total. The summed E-state index contributed by atoms with van der Waals surface area (Å²) in [6.45, 7) is 1.26. The molecule has 1 aromatic heterocycles. The van der Waals surface area contributed by atoms with E-state index < -0.39 is 17.4 Å². The first kappa shape index (κ1) is 14.6. The number of rotatable bonds is 4. The molecule has 21 heavy (non-hydrogen) atoms. The maximum atomic E-state index is 11.0. The number of furan rings is 1. The van der Waals surface area contributed by atoms with Crippen LogP contribution in [0, 0.1) is 0 Å². The van der Waals surface area contributed by atoms with E-state index in [9.17, 15) is 15.0 Å². The maximum absolute atomic E-state index is 11.0. The van der Waals surface area contributed by atoms with Gasteiger partial charge in [0.25, 0.3) is 0 Å². The van der Waals surface area contributed by atoms with E-state index in [1.165, 1.54) is 21.1 Å². The highest BCUT2D eigenvalue weighted by Gasteiger charge is 2.22. The normalized spacial score (nSPS) is 10.2. The molecule has 2 aromatic rings. The average Bonchev–Trinajstić information content (AvgIpc) is 2.74. The number of ether oxygens (including phenoxy) is 2. The molecule has 7 heteroatoms. The van der Waals surface area contributed by atoms with Crippen molar-refractivity contribution in [3.8, 4) is 34.3 Å². The first-order valence-electron chi connectivity index (χ1n) is 6.02. The van der Waals surface area contributed by atoms with Crippen LogP contribution in [0.2, 0.25) is 0 Å². The highest BCUT2D eigenvalue weighted by atomic mass is 16.5. The van der Waals surface area contributed by atoms with Crippen LogP contribution in [-0.4, -0.2) is 30.3 Å². The highest BCUT2D eigenvalue weighted by Crippen LogP contribution is 2.46. The van der Waals surface area contributed by atoms with Crippen molar-refractivity contribution in [3.63, 3.8) is 0 Å². The largest absolute Gasteiger partial charge is 0.502 e. The van der Waals surface area contributed by atoms with Gasteiger partial charge in [-0.1, -0.05) is 0 Å². The zero-order valence-corrected chi connectivity index (χ0v) is 11.8. The predicted molar refractivity (Wildman–Crippen MR) is 74.9 cm³/mol. The molecule has 1 heterocycles. The Balaban J connectivity index is 2.49. The van der Waals surface area contributed by atoms with Gasteiger partial charge in [-0.25, -0.2) is 0 Å². The summed E-state index contributed by atoms with van der Waals surface area (Å²) in [6, 6.07) is 4.83. The van der Waals surface area contributed by atoms with Gasteiger partial charge in [-0.05, 0) is 18.2 Å². The van der Waals surface area contributed by atoms with Gasteiger partial charge in [0.1, 0.15) is 0 Å². The van der Waals surface area contributed by atoms with Crippen LogP contribution in [0.5, 0.6) is 23.0 Å². The number of methoxy groups -OCH3 is 2. The van der Waals surface area contributed by atoms with E-state index >= 15 is 0 Å². The van der Waals surface area contributed by atoms with Crippen LogP contribution in [-0.2, 0) is 4.79 Å². The fraction of sp³-hybridized carbons (Fsp3) is 0.214. The highest BCUT2D eigenvalue weighted by molar-refractivity contribution is 5.90. The van der Waals surface area contributed by atoms with E-state index in [2.05, 4.69) is 5.32 Å². The lowest BCUT2D eigenvalue weighted by Crippen LogP contribution is -2.04. The SMILES string of the molecule is COc1ccc(-c2oc(NC(C)=O)c(O)c2O)cc1OC. The minimum Gasteiger partial charge on any atom is -0.502 e. The Morgan fingerprint density at radius 1 is 1.14 bits per heavy atom. The summed E-state index contributed by atoms with van der Waals surface area (Å²) < 4.78 is 15.6. The number of carbonyl (C=O) groups excluding carboxylic acids is 1. The van der Waals surface area contributed by atoms with Gasteiger partial charge in [0, 0.05) is 12.5 Å². The lowest BCUT2D eigenvalue weighted by atomic mass is 10.1. The Morgan fingerprint density at radius 3 is 2.38 bits per heavy atom. The van der Waals surface area contributed by atoms with Crippen LogP contribution in [0.25, 0.3) is 11.3 Å². The number of nitrogens with one attached hydrogen (secondary N) is 1. The topological polar surface area (TPSA) is 101 Å². The quantitative estimate of drug-likeness (QED) is 0.799. The Labute approximate surface area is 120 Å². The molecule has 112 valence electrons. The van der Waals surface area contributed by atoms with Gasteiger partial charge >= 0.3 is 0 Å². The molecule has 0 aliphatic rings. The smallest absolute Gasteiger partial charge is 0.246 e. The lowest BCUT2D eigenvalue weighted by Gasteiger charge is -2.08. The number of amides is 1.